The van der Waals surface area contributed by atoms with E-state index in [1.165, 1.54) is 11.1 Å². The number of ether oxygens (including phenoxy) is 1. The molecule has 0 N–H and O–H groups in total. The summed E-state index contributed by atoms with van der Waals surface area (Å²) < 4.78 is 5.61. The number of hydrogen-bond donors (Lipinski definition) is 0. The highest BCUT2D eigenvalue weighted by atomic mass is 16.5. The van der Waals surface area contributed by atoms with Crippen LogP contribution in [0.4, 0.5) is 0 Å². The Balaban J connectivity index is 1.95. The molecule has 0 saturated carbocycles. The molecule has 0 radical (unpaired) electrons. The third kappa shape index (κ3) is 2.54. The fourth-order valence-electron chi connectivity index (χ4n) is 2.78. The highest BCUT2D eigenvalue weighted by Crippen LogP contribution is 2.30. The van der Waals surface area contributed by atoms with E-state index >= 15 is 0 Å². The maximum absolute atomic E-state index is 5.61. The molecule has 1 saturated heterocycles. The molecule has 1 aliphatic rings. The Bertz CT molecular complexity index is 605. The number of pyridine rings is 1. The molecule has 1 aromatic heterocycles. The SMILES string of the molecule is C=Cc1ccc2nc(C3CCO[C@H](C)C3)ccc2c1. The Morgan fingerprint density at radius 2 is 2.21 bits per heavy atom. The average molecular weight is 253 g/mol. The molecule has 1 aliphatic heterocycles. The van der Waals surface area contributed by atoms with Crippen LogP contribution in [0.3, 0.4) is 0 Å². The van der Waals surface area contributed by atoms with Crippen molar-refractivity contribution >= 4 is 17.0 Å². The molecule has 0 amide bonds. The van der Waals surface area contributed by atoms with E-state index < -0.39 is 0 Å². The van der Waals surface area contributed by atoms with Crippen molar-refractivity contribution < 1.29 is 4.74 Å². The molecule has 2 heteroatoms. The molecule has 1 unspecified atom stereocenters. The third-order valence-corrected chi connectivity index (χ3v) is 3.87. The minimum atomic E-state index is 0.347. The maximum atomic E-state index is 5.61. The Kier molecular flexibility index (Phi) is 3.34. The van der Waals surface area contributed by atoms with Crippen molar-refractivity contribution in [2.75, 3.05) is 6.61 Å². The van der Waals surface area contributed by atoms with E-state index in [2.05, 4.69) is 43.8 Å². The summed E-state index contributed by atoms with van der Waals surface area (Å²) in [5, 5.41) is 1.18. The van der Waals surface area contributed by atoms with Crippen LogP contribution in [-0.4, -0.2) is 17.7 Å². The summed E-state index contributed by atoms with van der Waals surface area (Å²) in [6.07, 6.45) is 4.36. The van der Waals surface area contributed by atoms with Gasteiger partial charge in [0.05, 0.1) is 11.6 Å². The highest BCUT2D eigenvalue weighted by molar-refractivity contribution is 5.81. The summed E-state index contributed by atoms with van der Waals surface area (Å²) in [5.74, 6) is 0.534. The number of aromatic nitrogens is 1. The monoisotopic (exact) mass is 253 g/mol. The summed E-state index contributed by atoms with van der Waals surface area (Å²) in [4.78, 5) is 4.82. The molecule has 1 fully saturated rings. The van der Waals surface area contributed by atoms with E-state index in [0.29, 0.717) is 12.0 Å². The van der Waals surface area contributed by atoms with Crippen LogP contribution in [0.5, 0.6) is 0 Å². The molecule has 2 aromatic rings. The van der Waals surface area contributed by atoms with Gasteiger partial charge in [-0.2, -0.15) is 0 Å². The topological polar surface area (TPSA) is 22.1 Å². The zero-order valence-corrected chi connectivity index (χ0v) is 11.3. The molecule has 2 nitrogen and oxygen atoms in total. The van der Waals surface area contributed by atoms with Crippen LogP contribution in [0.15, 0.2) is 36.9 Å². The van der Waals surface area contributed by atoms with Crippen molar-refractivity contribution in [3.05, 3.63) is 48.2 Å². The van der Waals surface area contributed by atoms with E-state index in [9.17, 15) is 0 Å². The smallest absolute Gasteiger partial charge is 0.0705 e. The largest absolute Gasteiger partial charge is 0.378 e. The summed E-state index contributed by atoms with van der Waals surface area (Å²) in [5.41, 5.74) is 3.41. The molecule has 19 heavy (non-hydrogen) atoms. The van der Waals surface area contributed by atoms with Crippen LogP contribution < -0.4 is 0 Å². The van der Waals surface area contributed by atoms with E-state index in [1.54, 1.807) is 0 Å². The zero-order chi connectivity index (χ0) is 13.2. The lowest BCUT2D eigenvalue weighted by Gasteiger charge is -2.26. The van der Waals surface area contributed by atoms with Gasteiger partial charge in [0.15, 0.2) is 0 Å². The van der Waals surface area contributed by atoms with Crippen LogP contribution in [0, 0.1) is 0 Å². The van der Waals surface area contributed by atoms with Crippen molar-refractivity contribution in [1.29, 1.82) is 0 Å². The lowest BCUT2D eigenvalue weighted by atomic mass is 9.92. The molecule has 0 aliphatic carbocycles. The fourth-order valence-corrected chi connectivity index (χ4v) is 2.78. The lowest BCUT2D eigenvalue weighted by molar-refractivity contribution is 0.0180. The lowest BCUT2D eigenvalue weighted by Crippen LogP contribution is -2.22. The van der Waals surface area contributed by atoms with Gasteiger partial charge in [-0.25, -0.2) is 0 Å². The summed E-state index contributed by atoms with van der Waals surface area (Å²) in [6.45, 7) is 6.79. The van der Waals surface area contributed by atoms with E-state index in [0.717, 1.165) is 30.5 Å². The van der Waals surface area contributed by atoms with Gasteiger partial charge < -0.3 is 4.74 Å². The minimum absolute atomic E-state index is 0.347. The van der Waals surface area contributed by atoms with Gasteiger partial charge in [-0.1, -0.05) is 24.8 Å². The van der Waals surface area contributed by atoms with Crippen LogP contribution in [-0.2, 0) is 4.74 Å². The number of nitrogens with zero attached hydrogens (tertiary/aromatic N) is 1. The Morgan fingerprint density at radius 3 is 3.00 bits per heavy atom. The highest BCUT2D eigenvalue weighted by Gasteiger charge is 2.21. The normalized spacial score (nSPS) is 23.4. The second kappa shape index (κ2) is 5.14. The first-order valence-corrected chi connectivity index (χ1v) is 6.91. The van der Waals surface area contributed by atoms with Gasteiger partial charge >= 0.3 is 0 Å². The van der Waals surface area contributed by atoms with Gasteiger partial charge in [-0.15, -0.1) is 0 Å². The van der Waals surface area contributed by atoms with Crippen molar-refractivity contribution in [1.82, 2.24) is 4.98 Å². The first-order valence-electron chi connectivity index (χ1n) is 6.91. The van der Waals surface area contributed by atoms with Gasteiger partial charge in [0.1, 0.15) is 0 Å². The second-order valence-corrected chi connectivity index (χ2v) is 5.30. The first kappa shape index (κ1) is 12.4. The predicted molar refractivity (Wildman–Crippen MR) is 79.2 cm³/mol. The van der Waals surface area contributed by atoms with Crippen molar-refractivity contribution in [2.45, 2.75) is 31.8 Å². The molecule has 3 rings (SSSR count). The van der Waals surface area contributed by atoms with Crippen LogP contribution in [0.2, 0.25) is 0 Å². The van der Waals surface area contributed by atoms with Crippen molar-refractivity contribution in [3.63, 3.8) is 0 Å². The minimum Gasteiger partial charge on any atom is -0.378 e. The third-order valence-electron chi connectivity index (χ3n) is 3.87. The summed E-state index contributed by atoms with van der Waals surface area (Å²) >= 11 is 0. The maximum Gasteiger partial charge on any atom is 0.0705 e. The Morgan fingerprint density at radius 1 is 1.32 bits per heavy atom. The zero-order valence-electron chi connectivity index (χ0n) is 11.3. The van der Waals surface area contributed by atoms with E-state index in [4.69, 9.17) is 9.72 Å². The number of rotatable bonds is 2. The van der Waals surface area contributed by atoms with Crippen LogP contribution in [0.25, 0.3) is 17.0 Å². The van der Waals surface area contributed by atoms with Crippen molar-refractivity contribution in [3.8, 4) is 0 Å². The molecular weight excluding hydrogens is 234 g/mol. The standard InChI is InChI=1S/C17H19NO/c1-3-13-4-6-16-14(11-13)5-7-17(18-16)15-8-9-19-12(2)10-15/h3-7,11-12,15H,1,8-10H2,2H3/t12-,15?/m1/s1. The van der Waals surface area contributed by atoms with Gasteiger partial charge in [0.2, 0.25) is 0 Å². The second-order valence-electron chi connectivity index (χ2n) is 5.30. The van der Waals surface area contributed by atoms with Crippen LogP contribution in [0.1, 0.15) is 36.9 Å². The molecule has 98 valence electrons. The quantitative estimate of drug-likeness (QED) is 0.801. The fraction of sp³-hybridized carbons (Fsp3) is 0.353. The molecule has 1 aromatic carbocycles. The Hall–Kier alpha value is -1.67. The van der Waals surface area contributed by atoms with Gasteiger partial charge in [-0.3, -0.25) is 4.98 Å². The molecular formula is C17H19NO. The molecule has 2 atom stereocenters. The Labute approximate surface area is 114 Å². The average Bonchev–Trinajstić information content (AvgIpc) is 2.46. The van der Waals surface area contributed by atoms with Gasteiger partial charge in [-0.05, 0) is 43.5 Å². The van der Waals surface area contributed by atoms with E-state index in [1.807, 2.05) is 6.08 Å². The van der Waals surface area contributed by atoms with Gasteiger partial charge in [0, 0.05) is 23.6 Å². The number of benzene rings is 1. The van der Waals surface area contributed by atoms with Crippen LogP contribution >= 0.6 is 0 Å². The predicted octanol–water partition coefficient (Wildman–Crippen LogP) is 4.16. The number of hydrogen-bond acceptors (Lipinski definition) is 2. The van der Waals surface area contributed by atoms with Crippen molar-refractivity contribution in [2.24, 2.45) is 0 Å². The van der Waals surface area contributed by atoms with Gasteiger partial charge in [0.25, 0.3) is 0 Å². The summed E-state index contributed by atoms with van der Waals surface area (Å²) in [7, 11) is 0. The molecule has 0 bridgehead atoms. The van der Waals surface area contributed by atoms with E-state index in [-0.39, 0.29) is 0 Å². The molecule has 2 heterocycles. The first-order chi connectivity index (χ1) is 9.26. The number of fused-ring (bicyclic) bond motifs is 1. The molecule has 0 spiro atoms. The summed E-state index contributed by atoms with van der Waals surface area (Å²) in [6, 6.07) is 10.6.